The Bertz CT molecular complexity index is 401. The first-order valence-electron chi connectivity index (χ1n) is 8.95. The number of rotatable bonds is 2. The van der Waals surface area contributed by atoms with E-state index in [0.717, 1.165) is 45.2 Å². The number of carbonyl (C=O) groups is 2. The molecule has 5 nitrogen and oxygen atoms in total. The second-order valence-electron chi connectivity index (χ2n) is 6.84. The Balaban J connectivity index is 1.52. The van der Waals surface area contributed by atoms with E-state index in [9.17, 15) is 9.59 Å². The number of hydrogen-bond acceptors (Lipinski definition) is 3. The topological polar surface area (TPSA) is 49.9 Å². The van der Waals surface area contributed by atoms with E-state index < -0.39 is 0 Å². The molecule has 2 heterocycles. The second-order valence-corrected chi connectivity index (χ2v) is 6.84. The molecule has 5 heteroatoms. The summed E-state index contributed by atoms with van der Waals surface area (Å²) in [5, 5.41) is 0. The lowest BCUT2D eigenvalue weighted by Crippen LogP contribution is -2.43. The van der Waals surface area contributed by atoms with Crippen LogP contribution >= 0.6 is 0 Å². The summed E-state index contributed by atoms with van der Waals surface area (Å²) in [6.45, 7) is 3.61. The quantitative estimate of drug-likeness (QED) is 0.782. The van der Waals surface area contributed by atoms with Crippen molar-refractivity contribution in [1.82, 2.24) is 9.80 Å². The predicted octanol–water partition coefficient (Wildman–Crippen LogP) is 1.81. The maximum absolute atomic E-state index is 12.6. The molecule has 1 saturated carbocycles. The van der Waals surface area contributed by atoms with Crippen LogP contribution < -0.4 is 0 Å². The fourth-order valence-corrected chi connectivity index (χ4v) is 3.94. The van der Waals surface area contributed by atoms with Crippen molar-refractivity contribution in [2.75, 3.05) is 32.8 Å². The van der Waals surface area contributed by atoms with Crippen LogP contribution in [0.25, 0.3) is 0 Å². The van der Waals surface area contributed by atoms with Crippen LogP contribution in [0.4, 0.5) is 0 Å². The second kappa shape index (κ2) is 7.44. The molecule has 1 aliphatic carbocycles. The van der Waals surface area contributed by atoms with Gasteiger partial charge in [-0.1, -0.05) is 19.3 Å². The largest absolute Gasteiger partial charge is 0.368 e. The minimum atomic E-state index is -0.236. The van der Waals surface area contributed by atoms with Crippen molar-refractivity contribution >= 4 is 11.8 Å². The van der Waals surface area contributed by atoms with Crippen molar-refractivity contribution in [2.45, 2.75) is 57.5 Å². The first-order chi connectivity index (χ1) is 10.8. The molecule has 0 radical (unpaired) electrons. The average Bonchev–Trinajstić information content (AvgIpc) is 2.99. The average molecular weight is 308 g/mol. The summed E-state index contributed by atoms with van der Waals surface area (Å²) in [6, 6.07) is 0. The zero-order valence-electron chi connectivity index (χ0n) is 13.5. The standard InChI is InChI=1S/C17H28N2O3/c20-16(14-6-2-1-3-7-14)18-9-5-10-19(12-11-18)17(21)15-8-4-13-22-15/h14-15H,1-13H2. The van der Waals surface area contributed by atoms with Crippen LogP contribution in [0.2, 0.25) is 0 Å². The van der Waals surface area contributed by atoms with Gasteiger partial charge >= 0.3 is 0 Å². The summed E-state index contributed by atoms with van der Waals surface area (Å²) in [4.78, 5) is 29.0. The number of nitrogens with zero attached hydrogens (tertiary/aromatic N) is 2. The lowest BCUT2D eigenvalue weighted by Gasteiger charge is -2.28. The van der Waals surface area contributed by atoms with E-state index in [0.29, 0.717) is 25.6 Å². The highest BCUT2D eigenvalue weighted by molar-refractivity contribution is 5.82. The fraction of sp³-hybridized carbons (Fsp3) is 0.882. The number of hydrogen-bond donors (Lipinski definition) is 0. The Hall–Kier alpha value is -1.10. The summed E-state index contributed by atoms with van der Waals surface area (Å²) < 4.78 is 5.51. The summed E-state index contributed by atoms with van der Waals surface area (Å²) in [5.74, 6) is 0.685. The van der Waals surface area contributed by atoms with Gasteiger partial charge in [-0.05, 0) is 32.1 Å². The van der Waals surface area contributed by atoms with E-state index in [2.05, 4.69) is 0 Å². The molecule has 2 saturated heterocycles. The van der Waals surface area contributed by atoms with Crippen molar-refractivity contribution in [2.24, 2.45) is 5.92 Å². The van der Waals surface area contributed by atoms with Gasteiger partial charge in [-0.2, -0.15) is 0 Å². The van der Waals surface area contributed by atoms with Gasteiger partial charge in [0.05, 0.1) is 0 Å². The molecule has 22 heavy (non-hydrogen) atoms. The molecule has 0 aromatic rings. The molecule has 0 aromatic carbocycles. The van der Waals surface area contributed by atoms with E-state index >= 15 is 0 Å². The van der Waals surface area contributed by atoms with Gasteiger partial charge in [0.25, 0.3) is 5.91 Å². The highest BCUT2D eigenvalue weighted by Gasteiger charge is 2.31. The van der Waals surface area contributed by atoms with Crippen molar-refractivity contribution in [3.63, 3.8) is 0 Å². The number of ether oxygens (including phenoxy) is 1. The summed E-state index contributed by atoms with van der Waals surface area (Å²) in [7, 11) is 0. The Labute approximate surface area is 133 Å². The third kappa shape index (κ3) is 3.62. The third-order valence-corrected chi connectivity index (χ3v) is 5.28. The highest BCUT2D eigenvalue weighted by Crippen LogP contribution is 2.26. The zero-order chi connectivity index (χ0) is 15.4. The smallest absolute Gasteiger partial charge is 0.251 e. The Kier molecular flexibility index (Phi) is 5.34. The maximum atomic E-state index is 12.6. The minimum Gasteiger partial charge on any atom is -0.368 e. The molecule has 3 fully saturated rings. The van der Waals surface area contributed by atoms with Crippen molar-refractivity contribution in [1.29, 1.82) is 0 Å². The van der Waals surface area contributed by atoms with Gasteiger partial charge < -0.3 is 14.5 Å². The molecule has 2 aliphatic heterocycles. The van der Waals surface area contributed by atoms with E-state index in [1.807, 2.05) is 9.80 Å². The highest BCUT2D eigenvalue weighted by atomic mass is 16.5. The molecule has 0 N–H and O–H groups in total. The van der Waals surface area contributed by atoms with Gasteiger partial charge in [0.2, 0.25) is 5.91 Å². The zero-order valence-corrected chi connectivity index (χ0v) is 13.5. The van der Waals surface area contributed by atoms with Crippen LogP contribution in [0.1, 0.15) is 51.4 Å². The molecule has 1 unspecified atom stereocenters. The summed E-state index contributed by atoms with van der Waals surface area (Å²) >= 11 is 0. The van der Waals surface area contributed by atoms with Gasteiger partial charge in [0.15, 0.2) is 0 Å². The molecule has 0 spiro atoms. The van der Waals surface area contributed by atoms with Crippen molar-refractivity contribution in [3.05, 3.63) is 0 Å². The first-order valence-corrected chi connectivity index (χ1v) is 8.95. The van der Waals surface area contributed by atoms with Gasteiger partial charge in [-0.3, -0.25) is 9.59 Å². The Morgan fingerprint density at radius 2 is 1.41 bits per heavy atom. The van der Waals surface area contributed by atoms with Crippen molar-refractivity contribution in [3.8, 4) is 0 Å². The van der Waals surface area contributed by atoms with Gasteiger partial charge in [0, 0.05) is 38.7 Å². The van der Waals surface area contributed by atoms with Gasteiger partial charge in [-0.25, -0.2) is 0 Å². The summed E-state index contributed by atoms with van der Waals surface area (Å²) in [5.41, 5.74) is 0. The Morgan fingerprint density at radius 1 is 0.727 bits per heavy atom. The SMILES string of the molecule is O=C(C1CCCCC1)N1CCCN(C(=O)C2CCCO2)CC1. The van der Waals surface area contributed by atoms with Gasteiger partial charge in [-0.15, -0.1) is 0 Å². The van der Waals surface area contributed by atoms with Crippen LogP contribution in [-0.2, 0) is 14.3 Å². The molecule has 1 atom stereocenters. The molecular formula is C17H28N2O3. The maximum Gasteiger partial charge on any atom is 0.251 e. The lowest BCUT2D eigenvalue weighted by atomic mass is 9.88. The molecule has 0 bridgehead atoms. The normalized spacial score (nSPS) is 27.7. The number of amides is 2. The molecular weight excluding hydrogens is 280 g/mol. The van der Waals surface area contributed by atoms with Crippen molar-refractivity contribution < 1.29 is 14.3 Å². The summed E-state index contributed by atoms with van der Waals surface area (Å²) in [6.07, 6.45) is 8.23. The van der Waals surface area contributed by atoms with Gasteiger partial charge in [0.1, 0.15) is 6.10 Å². The van der Waals surface area contributed by atoms with E-state index in [4.69, 9.17) is 4.74 Å². The number of carbonyl (C=O) groups excluding carboxylic acids is 2. The molecule has 0 aromatic heterocycles. The van der Waals surface area contributed by atoms with E-state index in [-0.39, 0.29) is 17.9 Å². The van der Waals surface area contributed by atoms with Crippen LogP contribution in [0.15, 0.2) is 0 Å². The van der Waals surface area contributed by atoms with E-state index in [1.54, 1.807) is 0 Å². The molecule has 2 amide bonds. The van der Waals surface area contributed by atoms with Crippen LogP contribution in [0.5, 0.6) is 0 Å². The lowest BCUT2D eigenvalue weighted by molar-refractivity contribution is -0.141. The minimum absolute atomic E-state index is 0.129. The van der Waals surface area contributed by atoms with Crippen LogP contribution in [0, 0.1) is 5.92 Å². The van der Waals surface area contributed by atoms with Crippen LogP contribution in [-0.4, -0.2) is 60.5 Å². The first kappa shape index (κ1) is 15.8. The van der Waals surface area contributed by atoms with Crippen LogP contribution in [0.3, 0.4) is 0 Å². The molecule has 3 rings (SSSR count). The monoisotopic (exact) mass is 308 g/mol. The predicted molar refractivity (Wildman–Crippen MR) is 83.3 cm³/mol. The molecule has 124 valence electrons. The van der Waals surface area contributed by atoms with E-state index in [1.165, 1.54) is 19.3 Å². The fourth-order valence-electron chi connectivity index (χ4n) is 3.94. The molecule has 3 aliphatic rings. The third-order valence-electron chi connectivity index (χ3n) is 5.28. The Morgan fingerprint density at radius 3 is 2.05 bits per heavy atom.